The highest BCUT2D eigenvalue weighted by Gasteiger charge is 2.00. The summed E-state index contributed by atoms with van der Waals surface area (Å²) in [6, 6.07) is 0. The van der Waals surface area contributed by atoms with Crippen LogP contribution < -0.4 is 0 Å². The molecule has 0 spiro atoms. The maximum Gasteiger partial charge on any atom is 0.503 e. The van der Waals surface area contributed by atoms with Gasteiger partial charge in [-0.3, -0.25) is 0 Å². The molecule has 0 aromatic rings. The van der Waals surface area contributed by atoms with Gasteiger partial charge in [-0.05, 0) is 0 Å². The number of hydrogen-bond acceptors (Lipinski definition) is 2. The standard InChI is InChI=1S/CH2O3.2Mg.H3O4P.4H/c2-1(3)4;;;1-5(2,3)4;;;;/h(H2,2,3,4);;;(H3,1,2,3,4);;;;. The van der Waals surface area contributed by atoms with Gasteiger partial charge in [-0.1, -0.05) is 0 Å². The quantitative estimate of drug-likeness (QED) is 0.221. The van der Waals surface area contributed by atoms with Gasteiger partial charge in [-0.25, -0.2) is 9.36 Å². The van der Waals surface area contributed by atoms with Crippen LogP contribution in [0.2, 0.25) is 0 Å². The van der Waals surface area contributed by atoms with Crippen LogP contribution in [0.4, 0.5) is 4.79 Å². The second-order valence-corrected chi connectivity index (χ2v) is 1.82. The molecule has 0 unspecified atom stereocenters. The van der Waals surface area contributed by atoms with Crippen LogP contribution in [0.1, 0.15) is 0 Å². The van der Waals surface area contributed by atoms with Crippen molar-refractivity contribution in [3.8, 4) is 0 Å². The third-order valence-electron chi connectivity index (χ3n) is 0. The fourth-order valence-corrected chi connectivity index (χ4v) is 0. The van der Waals surface area contributed by atoms with E-state index in [9.17, 15) is 0 Å². The van der Waals surface area contributed by atoms with Gasteiger partial charge in [-0.15, -0.1) is 0 Å². The van der Waals surface area contributed by atoms with Gasteiger partial charge in [0.1, 0.15) is 0 Å². The second-order valence-electron chi connectivity index (χ2n) is 0.796. The van der Waals surface area contributed by atoms with Gasteiger partial charge < -0.3 is 24.9 Å². The van der Waals surface area contributed by atoms with Crippen molar-refractivity contribution < 1.29 is 34.3 Å². The number of hydrogen-bond donors (Lipinski definition) is 5. The van der Waals surface area contributed by atoms with E-state index in [4.69, 9.17) is 34.3 Å². The predicted octanol–water partition coefficient (Wildman–Crippen LogP) is -2.54. The SMILES string of the molecule is O=C(O)O.O=P(O)(O)O.[MgH2].[MgH2]. The molecule has 11 heavy (non-hydrogen) atoms. The highest BCUT2D eigenvalue weighted by molar-refractivity contribution is 7.45. The van der Waals surface area contributed by atoms with Crippen molar-refractivity contribution in [2.24, 2.45) is 0 Å². The van der Waals surface area contributed by atoms with Crippen LogP contribution in [0.15, 0.2) is 0 Å². The van der Waals surface area contributed by atoms with E-state index in [1.165, 1.54) is 0 Å². The first-order chi connectivity index (χ1) is 3.73. The fraction of sp³-hybridized carbons (Fsp3) is 0. The summed E-state index contributed by atoms with van der Waals surface area (Å²) in [6.45, 7) is 0. The normalized spacial score (nSPS) is 7.55. The van der Waals surface area contributed by atoms with E-state index < -0.39 is 14.0 Å². The minimum absolute atomic E-state index is 0. The lowest BCUT2D eigenvalue weighted by atomic mass is 11.5. The van der Waals surface area contributed by atoms with Crippen LogP contribution >= 0.6 is 7.82 Å². The smallest absolute Gasteiger partial charge is 0.450 e. The zero-order chi connectivity index (χ0) is 8.08. The maximum absolute atomic E-state index is 8.88. The van der Waals surface area contributed by atoms with E-state index in [1.54, 1.807) is 0 Å². The van der Waals surface area contributed by atoms with Crippen LogP contribution in [-0.4, -0.2) is 77.2 Å². The Kier molecular flexibility index (Phi) is 22.5. The van der Waals surface area contributed by atoms with E-state index in [0.717, 1.165) is 0 Å². The third kappa shape index (κ3) is 1040. The summed E-state index contributed by atoms with van der Waals surface area (Å²) >= 11 is 0. The first-order valence-electron chi connectivity index (χ1n) is 1.43. The molecule has 0 aromatic carbocycles. The molecule has 10 heteroatoms. The van der Waals surface area contributed by atoms with Gasteiger partial charge in [-0.2, -0.15) is 0 Å². The molecule has 7 nitrogen and oxygen atoms in total. The van der Waals surface area contributed by atoms with E-state index in [1.807, 2.05) is 0 Å². The Labute approximate surface area is 94.0 Å². The van der Waals surface area contributed by atoms with Gasteiger partial charge in [0.2, 0.25) is 0 Å². The van der Waals surface area contributed by atoms with Crippen molar-refractivity contribution in [3.05, 3.63) is 0 Å². The zero-order valence-electron chi connectivity index (χ0n) is 4.00. The average Bonchev–Trinajstić information content (AvgIpc) is 1.19. The molecule has 0 bridgehead atoms. The van der Waals surface area contributed by atoms with Crippen molar-refractivity contribution in [3.63, 3.8) is 0 Å². The monoisotopic (exact) mass is 212 g/mol. The van der Waals surface area contributed by atoms with Gasteiger partial charge >= 0.3 is 60.1 Å². The lowest BCUT2D eigenvalue weighted by molar-refractivity contribution is 0.137. The lowest BCUT2D eigenvalue weighted by Crippen LogP contribution is -1.81. The largest absolute Gasteiger partial charge is 0.503 e. The number of phosphoric acid groups is 1. The molecule has 0 saturated heterocycles. The van der Waals surface area contributed by atoms with Crippen molar-refractivity contribution in [1.29, 1.82) is 0 Å². The lowest BCUT2D eigenvalue weighted by Gasteiger charge is -1.82. The first kappa shape index (κ1) is 22.7. The summed E-state index contributed by atoms with van der Waals surface area (Å²) in [7, 11) is -4.64. The first-order valence-corrected chi connectivity index (χ1v) is 3.00. The van der Waals surface area contributed by atoms with Crippen molar-refractivity contribution in [2.45, 2.75) is 0 Å². The summed E-state index contributed by atoms with van der Waals surface area (Å²) in [4.78, 5) is 30.1. The predicted molar refractivity (Wildman–Crippen MR) is 42.0 cm³/mol. The summed E-state index contributed by atoms with van der Waals surface area (Å²) in [5.41, 5.74) is 0. The zero-order valence-corrected chi connectivity index (χ0v) is 4.89. The van der Waals surface area contributed by atoms with Crippen molar-refractivity contribution in [1.82, 2.24) is 0 Å². The van der Waals surface area contributed by atoms with Gasteiger partial charge in [0.05, 0.1) is 0 Å². The minimum atomic E-state index is -4.64. The highest BCUT2D eigenvalue weighted by Crippen LogP contribution is 2.25. The second kappa shape index (κ2) is 10.9. The van der Waals surface area contributed by atoms with Gasteiger partial charge in [0.15, 0.2) is 0 Å². The summed E-state index contributed by atoms with van der Waals surface area (Å²) in [5.74, 6) is 0. The van der Waals surface area contributed by atoms with Gasteiger partial charge in [0.25, 0.3) is 0 Å². The molecular formula is CH9Mg2O7P. The topological polar surface area (TPSA) is 135 Å². The van der Waals surface area contributed by atoms with Crippen LogP contribution in [0, 0.1) is 0 Å². The number of carbonyl (C=O) groups is 1. The summed E-state index contributed by atoms with van der Waals surface area (Å²) < 4.78 is 8.88. The Hall–Kier alpha value is 0.912. The van der Waals surface area contributed by atoms with Crippen LogP contribution in [0.25, 0.3) is 0 Å². The average molecular weight is 213 g/mol. The molecule has 0 fully saturated rings. The molecule has 0 saturated carbocycles. The third-order valence-corrected chi connectivity index (χ3v) is 0. The molecule has 0 radical (unpaired) electrons. The van der Waals surface area contributed by atoms with E-state index >= 15 is 0 Å². The van der Waals surface area contributed by atoms with Crippen LogP contribution in [0.5, 0.6) is 0 Å². The minimum Gasteiger partial charge on any atom is -0.450 e. The summed E-state index contributed by atoms with van der Waals surface area (Å²) in [6.07, 6.45) is -1.83. The highest BCUT2D eigenvalue weighted by atomic mass is 31.2. The van der Waals surface area contributed by atoms with E-state index in [-0.39, 0.29) is 46.1 Å². The molecule has 0 aliphatic heterocycles. The number of carboxylic acid groups (broad SMARTS) is 2. The van der Waals surface area contributed by atoms with Crippen molar-refractivity contribution in [2.75, 3.05) is 0 Å². The Morgan fingerprint density at radius 1 is 1.00 bits per heavy atom. The molecule has 0 rings (SSSR count). The van der Waals surface area contributed by atoms with Gasteiger partial charge in [0, 0.05) is 0 Å². The fourth-order valence-electron chi connectivity index (χ4n) is 0. The Balaban J connectivity index is -0.0000000383. The molecule has 0 atom stereocenters. The number of rotatable bonds is 0. The molecule has 0 aliphatic rings. The molecule has 0 heterocycles. The van der Waals surface area contributed by atoms with Crippen molar-refractivity contribution >= 4 is 60.1 Å². The Morgan fingerprint density at radius 2 is 1.00 bits per heavy atom. The molecule has 0 aromatic heterocycles. The Bertz CT molecular complexity index is 116. The molecule has 0 amide bonds. The molecular weight excluding hydrogens is 204 g/mol. The Morgan fingerprint density at radius 3 is 1.00 bits per heavy atom. The molecule has 5 N–H and O–H groups in total. The van der Waals surface area contributed by atoms with Crippen LogP contribution in [-0.2, 0) is 4.57 Å². The maximum atomic E-state index is 8.88. The summed E-state index contributed by atoms with van der Waals surface area (Å²) in [5, 5.41) is 13.9. The van der Waals surface area contributed by atoms with E-state index in [0.29, 0.717) is 0 Å². The van der Waals surface area contributed by atoms with E-state index in [2.05, 4.69) is 0 Å². The molecule has 64 valence electrons. The van der Waals surface area contributed by atoms with Crippen LogP contribution in [0.3, 0.4) is 0 Å². The molecule has 0 aliphatic carbocycles.